The fraction of sp³-hybridized carbons (Fsp3) is 0.222. The molecule has 3 rings (SSSR count). The number of amides is 1. The van der Waals surface area contributed by atoms with Crippen molar-refractivity contribution in [2.75, 3.05) is 19.5 Å². The van der Waals surface area contributed by atoms with E-state index < -0.39 is 0 Å². The van der Waals surface area contributed by atoms with Gasteiger partial charge in [0, 0.05) is 10.9 Å². The maximum Gasteiger partial charge on any atom is 0.226 e. The molecule has 0 aliphatic carbocycles. The van der Waals surface area contributed by atoms with Crippen LogP contribution in [0, 0.1) is 0 Å². The minimum absolute atomic E-state index is 0.0621. The summed E-state index contributed by atoms with van der Waals surface area (Å²) in [6.07, 6.45) is 0.984. The quantitative estimate of drug-likeness (QED) is 0.630. The second-order valence-corrected chi connectivity index (χ2v) is 7.31. The molecule has 1 heterocycles. The van der Waals surface area contributed by atoms with Crippen molar-refractivity contribution in [3.63, 3.8) is 0 Å². The molecule has 130 valence electrons. The van der Waals surface area contributed by atoms with E-state index in [0.29, 0.717) is 29.5 Å². The summed E-state index contributed by atoms with van der Waals surface area (Å²) in [6, 6.07) is 11.5. The van der Waals surface area contributed by atoms with Crippen LogP contribution < -0.4 is 14.8 Å². The molecule has 0 aliphatic heterocycles. The number of rotatable bonds is 6. The molecule has 1 aromatic heterocycles. The number of anilines is 1. The maximum atomic E-state index is 12.2. The summed E-state index contributed by atoms with van der Waals surface area (Å²) in [5.41, 5.74) is 1.89. The zero-order valence-corrected chi connectivity index (χ0v) is 16.2. The lowest BCUT2D eigenvalue weighted by molar-refractivity contribution is -0.116. The summed E-state index contributed by atoms with van der Waals surface area (Å²) in [6.45, 7) is 0. The number of methoxy groups -OCH3 is 2. The molecule has 1 N–H and O–H groups in total. The summed E-state index contributed by atoms with van der Waals surface area (Å²) in [7, 11) is 3.20. The Morgan fingerprint density at radius 3 is 2.72 bits per heavy atom. The van der Waals surface area contributed by atoms with Crippen molar-refractivity contribution >= 4 is 48.5 Å². The van der Waals surface area contributed by atoms with Gasteiger partial charge in [0.05, 0.1) is 24.4 Å². The van der Waals surface area contributed by atoms with Crippen LogP contribution in [-0.4, -0.2) is 25.1 Å². The Kier molecular flexibility index (Phi) is 5.55. The van der Waals surface area contributed by atoms with E-state index in [-0.39, 0.29) is 5.91 Å². The van der Waals surface area contributed by atoms with Gasteiger partial charge in [0.25, 0.3) is 0 Å². The monoisotopic (exact) mass is 420 g/mol. The third-order valence-electron chi connectivity index (χ3n) is 3.69. The molecule has 0 aliphatic rings. The molecule has 0 bridgehead atoms. The van der Waals surface area contributed by atoms with Gasteiger partial charge in [-0.05, 0) is 42.3 Å². The number of hydrogen-bond donors (Lipinski definition) is 1. The summed E-state index contributed by atoms with van der Waals surface area (Å²) >= 11 is 4.90. The summed E-state index contributed by atoms with van der Waals surface area (Å²) < 4.78 is 12.5. The lowest BCUT2D eigenvalue weighted by atomic mass is 10.1. The summed E-state index contributed by atoms with van der Waals surface area (Å²) in [5.74, 6) is 1.28. The van der Waals surface area contributed by atoms with Crippen molar-refractivity contribution < 1.29 is 14.3 Å². The Labute approximate surface area is 158 Å². The number of ether oxygens (including phenoxy) is 2. The normalized spacial score (nSPS) is 10.7. The molecule has 7 heteroatoms. The molecule has 0 saturated carbocycles. The first-order valence-corrected chi connectivity index (χ1v) is 9.27. The molecule has 1 amide bonds. The van der Waals surface area contributed by atoms with E-state index in [2.05, 4.69) is 26.2 Å². The first kappa shape index (κ1) is 17.7. The second-order valence-electron chi connectivity index (χ2n) is 5.37. The molecule has 5 nitrogen and oxygen atoms in total. The molecule has 0 atom stereocenters. The predicted octanol–water partition coefficient (Wildman–Crippen LogP) is 4.65. The number of thiazole rings is 1. The number of benzene rings is 2. The highest BCUT2D eigenvalue weighted by Gasteiger charge is 2.10. The van der Waals surface area contributed by atoms with Gasteiger partial charge in [0.2, 0.25) is 5.91 Å². The van der Waals surface area contributed by atoms with E-state index in [0.717, 1.165) is 20.3 Å². The van der Waals surface area contributed by atoms with Gasteiger partial charge < -0.3 is 14.8 Å². The third-order valence-corrected chi connectivity index (χ3v) is 5.11. The van der Waals surface area contributed by atoms with Crippen LogP contribution in [0.2, 0.25) is 0 Å². The number of halogens is 1. The topological polar surface area (TPSA) is 60.5 Å². The van der Waals surface area contributed by atoms with E-state index >= 15 is 0 Å². The zero-order chi connectivity index (χ0) is 17.8. The van der Waals surface area contributed by atoms with Crippen molar-refractivity contribution in [2.45, 2.75) is 12.8 Å². The zero-order valence-electron chi connectivity index (χ0n) is 13.8. The Morgan fingerprint density at radius 1 is 1.16 bits per heavy atom. The van der Waals surface area contributed by atoms with Gasteiger partial charge in [0.1, 0.15) is 0 Å². The third kappa shape index (κ3) is 4.29. The standard InChI is InChI=1S/C18H17BrN2O3S/c1-23-14-7-3-11(9-15(14)24-2)4-8-17(22)21-18-20-13-6-5-12(19)10-16(13)25-18/h3,5-7,9-10H,4,8H2,1-2H3,(H,20,21,22). The molecule has 0 spiro atoms. The van der Waals surface area contributed by atoms with Gasteiger partial charge in [-0.3, -0.25) is 4.79 Å². The van der Waals surface area contributed by atoms with Crippen LogP contribution in [-0.2, 0) is 11.2 Å². The summed E-state index contributed by atoms with van der Waals surface area (Å²) in [5, 5.41) is 3.49. The van der Waals surface area contributed by atoms with Gasteiger partial charge in [-0.15, -0.1) is 0 Å². The second kappa shape index (κ2) is 7.84. The molecule has 2 aromatic carbocycles. The van der Waals surface area contributed by atoms with Crippen LogP contribution in [0.25, 0.3) is 10.2 Å². The van der Waals surface area contributed by atoms with Crippen LogP contribution in [0.1, 0.15) is 12.0 Å². The number of hydrogen-bond acceptors (Lipinski definition) is 5. The molecule has 0 unspecified atom stereocenters. The number of aromatic nitrogens is 1. The van der Waals surface area contributed by atoms with Crippen molar-refractivity contribution in [1.82, 2.24) is 4.98 Å². The minimum Gasteiger partial charge on any atom is -0.493 e. The van der Waals surface area contributed by atoms with E-state index in [4.69, 9.17) is 9.47 Å². The van der Waals surface area contributed by atoms with E-state index in [1.165, 1.54) is 11.3 Å². The average Bonchev–Trinajstić information content (AvgIpc) is 3.00. The first-order valence-electron chi connectivity index (χ1n) is 7.66. The van der Waals surface area contributed by atoms with Gasteiger partial charge in [-0.2, -0.15) is 0 Å². The fourth-order valence-corrected chi connectivity index (χ4v) is 3.86. The highest BCUT2D eigenvalue weighted by atomic mass is 79.9. The molecule has 25 heavy (non-hydrogen) atoms. The van der Waals surface area contributed by atoms with E-state index in [9.17, 15) is 4.79 Å². The number of aryl methyl sites for hydroxylation is 1. The number of nitrogens with zero attached hydrogens (tertiary/aromatic N) is 1. The minimum atomic E-state index is -0.0621. The molecule has 0 saturated heterocycles. The Morgan fingerprint density at radius 2 is 1.96 bits per heavy atom. The fourth-order valence-electron chi connectivity index (χ4n) is 2.43. The number of carbonyl (C=O) groups is 1. The van der Waals surface area contributed by atoms with Crippen molar-refractivity contribution in [3.05, 3.63) is 46.4 Å². The lowest BCUT2D eigenvalue weighted by Gasteiger charge is -2.09. The lowest BCUT2D eigenvalue weighted by Crippen LogP contribution is -2.12. The number of nitrogens with one attached hydrogen (secondary N) is 1. The van der Waals surface area contributed by atoms with Crippen LogP contribution in [0.5, 0.6) is 11.5 Å². The Hall–Kier alpha value is -2.12. The van der Waals surface area contributed by atoms with E-state index in [1.54, 1.807) is 14.2 Å². The molecule has 0 fully saturated rings. The predicted molar refractivity (Wildman–Crippen MR) is 104 cm³/mol. The maximum absolute atomic E-state index is 12.2. The smallest absolute Gasteiger partial charge is 0.226 e. The van der Waals surface area contributed by atoms with Crippen molar-refractivity contribution in [2.24, 2.45) is 0 Å². The van der Waals surface area contributed by atoms with Crippen LogP contribution in [0.3, 0.4) is 0 Å². The van der Waals surface area contributed by atoms with E-state index in [1.807, 2.05) is 36.4 Å². The van der Waals surface area contributed by atoms with Gasteiger partial charge in [-0.1, -0.05) is 33.3 Å². The number of fused-ring (bicyclic) bond motifs is 1. The average molecular weight is 421 g/mol. The molecule has 0 radical (unpaired) electrons. The van der Waals surface area contributed by atoms with Gasteiger partial charge in [0.15, 0.2) is 16.6 Å². The van der Waals surface area contributed by atoms with Crippen molar-refractivity contribution in [1.29, 1.82) is 0 Å². The first-order chi connectivity index (χ1) is 12.1. The highest BCUT2D eigenvalue weighted by molar-refractivity contribution is 9.10. The van der Waals surface area contributed by atoms with Crippen LogP contribution in [0.15, 0.2) is 40.9 Å². The van der Waals surface area contributed by atoms with Gasteiger partial charge >= 0.3 is 0 Å². The van der Waals surface area contributed by atoms with Crippen LogP contribution in [0.4, 0.5) is 5.13 Å². The van der Waals surface area contributed by atoms with Crippen LogP contribution >= 0.6 is 27.3 Å². The Balaban J connectivity index is 1.62. The summed E-state index contributed by atoms with van der Waals surface area (Å²) in [4.78, 5) is 16.6. The largest absolute Gasteiger partial charge is 0.493 e. The molecular weight excluding hydrogens is 404 g/mol. The van der Waals surface area contributed by atoms with Gasteiger partial charge in [-0.25, -0.2) is 4.98 Å². The Bertz CT molecular complexity index is 910. The molecule has 3 aromatic rings. The molecular formula is C18H17BrN2O3S. The SMILES string of the molecule is COc1ccc(CCC(=O)Nc2nc3ccc(Br)cc3s2)cc1OC. The van der Waals surface area contributed by atoms with Crippen molar-refractivity contribution in [3.8, 4) is 11.5 Å². The highest BCUT2D eigenvalue weighted by Crippen LogP contribution is 2.29. The number of carbonyl (C=O) groups excluding carboxylic acids is 1.